The first kappa shape index (κ1) is 23.5. The number of aromatic nitrogens is 3. The predicted molar refractivity (Wildman–Crippen MR) is 121 cm³/mol. The molecule has 3 heterocycles. The molecular formula is C23H31N5O4. The molecule has 3 rings (SSSR count). The summed E-state index contributed by atoms with van der Waals surface area (Å²) in [4.78, 5) is 34.5. The van der Waals surface area contributed by atoms with Crippen LogP contribution in [0.2, 0.25) is 0 Å². The number of carbonyl (C=O) groups is 2. The molecule has 3 aromatic heterocycles. The van der Waals surface area contributed by atoms with Gasteiger partial charge < -0.3 is 19.0 Å². The molecule has 0 atom stereocenters. The standard InChI is InChI=1S/C23H31N5O4/c1-15-20-16(13-17(18-9-8-12-31-18)24-21(20)27(7)25-15)22(30)28(11-10-26(5)6)14-19(29)32-23(2,3)4/h8-9,12-13H,10-11,14H2,1-7H3. The van der Waals surface area contributed by atoms with Gasteiger partial charge >= 0.3 is 5.97 Å². The van der Waals surface area contributed by atoms with Gasteiger partial charge in [0.05, 0.1) is 22.9 Å². The first-order valence-corrected chi connectivity index (χ1v) is 10.5. The van der Waals surface area contributed by atoms with Crippen LogP contribution in [0.5, 0.6) is 0 Å². The highest BCUT2D eigenvalue weighted by molar-refractivity contribution is 6.08. The molecule has 0 aliphatic rings. The van der Waals surface area contributed by atoms with Gasteiger partial charge in [-0.2, -0.15) is 5.10 Å². The molecule has 0 unspecified atom stereocenters. The lowest BCUT2D eigenvalue weighted by molar-refractivity contribution is -0.155. The van der Waals surface area contributed by atoms with Gasteiger partial charge in [-0.3, -0.25) is 14.3 Å². The Balaban J connectivity index is 2.06. The zero-order valence-corrected chi connectivity index (χ0v) is 19.8. The Hall–Kier alpha value is -3.20. The van der Waals surface area contributed by atoms with E-state index in [0.29, 0.717) is 46.8 Å². The second kappa shape index (κ2) is 9.12. The number of likely N-dealkylation sites (N-methyl/N-ethyl adjacent to an activating group) is 1. The van der Waals surface area contributed by atoms with Crippen molar-refractivity contribution in [1.82, 2.24) is 24.6 Å². The Morgan fingerprint density at radius 3 is 2.53 bits per heavy atom. The summed E-state index contributed by atoms with van der Waals surface area (Å²) in [6, 6.07) is 5.26. The van der Waals surface area contributed by atoms with Crippen molar-refractivity contribution in [2.45, 2.75) is 33.3 Å². The van der Waals surface area contributed by atoms with Gasteiger partial charge in [0.15, 0.2) is 11.4 Å². The molecule has 0 aliphatic heterocycles. The van der Waals surface area contributed by atoms with Crippen LogP contribution in [0.3, 0.4) is 0 Å². The summed E-state index contributed by atoms with van der Waals surface area (Å²) < 4.78 is 12.6. The Morgan fingerprint density at radius 1 is 1.22 bits per heavy atom. The molecule has 32 heavy (non-hydrogen) atoms. The van der Waals surface area contributed by atoms with E-state index in [1.54, 1.807) is 57.0 Å². The molecular weight excluding hydrogens is 410 g/mol. The summed E-state index contributed by atoms with van der Waals surface area (Å²) in [5.74, 6) is -0.190. The average Bonchev–Trinajstić information content (AvgIpc) is 3.31. The van der Waals surface area contributed by atoms with Crippen molar-refractivity contribution in [1.29, 1.82) is 0 Å². The number of amides is 1. The van der Waals surface area contributed by atoms with Gasteiger partial charge in [-0.15, -0.1) is 0 Å². The Kier molecular flexibility index (Phi) is 6.68. The maximum atomic E-state index is 13.8. The third-order valence-electron chi connectivity index (χ3n) is 4.82. The Labute approximate surface area is 187 Å². The minimum absolute atomic E-state index is 0.150. The lowest BCUT2D eigenvalue weighted by Crippen LogP contribution is -2.42. The predicted octanol–water partition coefficient (Wildman–Crippen LogP) is 2.88. The molecule has 3 aromatic rings. The van der Waals surface area contributed by atoms with Gasteiger partial charge in [-0.25, -0.2) is 4.98 Å². The second-order valence-electron chi connectivity index (χ2n) is 9.06. The molecule has 0 aliphatic carbocycles. The number of hydrogen-bond donors (Lipinski definition) is 0. The van der Waals surface area contributed by atoms with Crippen molar-refractivity contribution in [3.63, 3.8) is 0 Å². The average molecular weight is 442 g/mol. The number of rotatable bonds is 7. The van der Waals surface area contributed by atoms with Gasteiger partial charge in [-0.05, 0) is 60.0 Å². The normalized spacial score (nSPS) is 11.9. The largest absolute Gasteiger partial charge is 0.463 e. The summed E-state index contributed by atoms with van der Waals surface area (Å²) in [7, 11) is 5.62. The van der Waals surface area contributed by atoms with Crippen molar-refractivity contribution in [3.05, 3.63) is 35.7 Å². The number of furan rings is 1. The zero-order chi connectivity index (χ0) is 23.6. The van der Waals surface area contributed by atoms with E-state index in [-0.39, 0.29) is 12.5 Å². The third-order valence-corrected chi connectivity index (χ3v) is 4.82. The number of esters is 1. The molecule has 0 N–H and O–H groups in total. The smallest absolute Gasteiger partial charge is 0.326 e. The van der Waals surface area contributed by atoms with Crippen molar-refractivity contribution in [3.8, 4) is 11.5 Å². The molecule has 0 fully saturated rings. The van der Waals surface area contributed by atoms with Crippen LogP contribution >= 0.6 is 0 Å². The number of carbonyl (C=O) groups excluding carboxylic acids is 2. The van der Waals surface area contributed by atoms with E-state index >= 15 is 0 Å². The van der Waals surface area contributed by atoms with Crippen LogP contribution in [0.4, 0.5) is 0 Å². The van der Waals surface area contributed by atoms with E-state index in [4.69, 9.17) is 9.15 Å². The van der Waals surface area contributed by atoms with Crippen molar-refractivity contribution < 1.29 is 18.7 Å². The van der Waals surface area contributed by atoms with E-state index in [1.165, 1.54) is 4.90 Å². The van der Waals surface area contributed by atoms with Gasteiger partial charge in [0.2, 0.25) is 0 Å². The van der Waals surface area contributed by atoms with Crippen LogP contribution in [0, 0.1) is 6.92 Å². The molecule has 1 amide bonds. The molecule has 0 saturated heterocycles. The van der Waals surface area contributed by atoms with Gasteiger partial charge in [0.1, 0.15) is 17.8 Å². The minimum Gasteiger partial charge on any atom is -0.463 e. The maximum Gasteiger partial charge on any atom is 0.326 e. The fourth-order valence-corrected chi connectivity index (χ4v) is 3.44. The SMILES string of the molecule is Cc1nn(C)c2nc(-c3ccco3)cc(C(=O)N(CCN(C)C)CC(=O)OC(C)(C)C)c12. The summed E-state index contributed by atoms with van der Waals surface area (Å²) >= 11 is 0. The molecule has 9 nitrogen and oxygen atoms in total. The fourth-order valence-electron chi connectivity index (χ4n) is 3.44. The molecule has 0 aromatic carbocycles. The van der Waals surface area contributed by atoms with Gasteiger partial charge in [0.25, 0.3) is 5.91 Å². The highest BCUT2D eigenvalue weighted by Crippen LogP contribution is 2.28. The lowest BCUT2D eigenvalue weighted by Gasteiger charge is -2.26. The van der Waals surface area contributed by atoms with E-state index in [0.717, 1.165) is 0 Å². The van der Waals surface area contributed by atoms with E-state index in [1.807, 2.05) is 25.9 Å². The number of fused-ring (bicyclic) bond motifs is 1. The van der Waals surface area contributed by atoms with E-state index < -0.39 is 11.6 Å². The highest BCUT2D eigenvalue weighted by Gasteiger charge is 2.27. The number of nitrogens with zero attached hydrogens (tertiary/aromatic N) is 5. The van der Waals surface area contributed by atoms with Gasteiger partial charge in [0, 0.05) is 20.1 Å². The van der Waals surface area contributed by atoms with E-state index in [2.05, 4.69) is 10.1 Å². The lowest BCUT2D eigenvalue weighted by atomic mass is 10.1. The van der Waals surface area contributed by atoms with Crippen LogP contribution in [0.15, 0.2) is 28.9 Å². The van der Waals surface area contributed by atoms with Crippen molar-refractivity contribution in [2.75, 3.05) is 33.7 Å². The number of ether oxygens (including phenoxy) is 1. The molecule has 0 saturated carbocycles. The number of aryl methyl sites for hydroxylation is 2. The molecule has 0 bridgehead atoms. The number of hydrogen-bond acceptors (Lipinski definition) is 7. The second-order valence-corrected chi connectivity index (χ2v) is 9.06. The quantitative estimate of drug-likeness (QED) is 0.521. The molecule has 9 heteroatoms. The summed E-state index contributed by atoms with van der Waals surface area (Å²) in [6.45, 7) is 8.06. The Morgan fingerprint density at radius 2 is 1.94 bits per heavy atom. The first-order chi connectivity index (χ1) is 15.0. The van der Waals surface area contributed by atoms with Crippen molar-refractivity contribution in [2.24, 2.45) is 7.05 Å². The summed E-state index contributed by atoms with van der Waals surface area (Å²) in [5, 5.41) is 5.11. The number of pyridine rings is 1. The fraction of sp³-hybridized carbons (Fsp3) is 0.478. The maximum absolute atomic E-state index is 13.8. The highest BCUT2D eigenvalue weighted by atomic mass is 16.6. The van der Waals surface area contributed by atoms with Crippen LogP contribution in [-0.4, -0.2) is 75.8 Å². The topological polar surface area (TPSA) is 93.7 Å². The van der Waals surface area contributed by atoms with Crippen LogP contribution < -0.4 is 0 Å². The van der Waals surface area contributed by atoms with Gasteiger partial charge in [-0.1, -0.05) is 0 Å². The summed E-state index contributed by atoms with van der Waals surface area (Å²) in [5.41, 5.74) is 1.58. The molecule has 172 valence electrons. The Bertz CT molecular complexity index is 1110. The summed E-state index contributed by atoms with van der Waals surface area (Å²) in [6.07, 6.45) is 1.56. The van der Waals surface area contributed by atoms with E-state index in [9.17, 15) is 9.59 Å². The third kappa shape index (κ3) is 5.34. The monoisotopic (exact) mass is 441 g/mol. The molecule has 0 radical (unpaired) electrons. The van der Waals surface area contributed by atoms with Crippen LogP contribution in [-0.2, 0) is 16.6 Å². The first-order valence-electron chi connectivity index (χ1n) is 10.5. The zero-order valence-electron chi connectivity index (χ0n) is 19.8. The van der Waals surface area contributed by atoms with Crippen LogP contribution in [0.1, 0.15) is 36.8 Å². The molecule has 0 spiro atoms. The minimum atomic E-state index is -0.635. The van der Waals surface area contributed by atoms with Crippen molar-refractivity contribution >= 4 is 22.9 Å². The van der Waals surface area contributed by atoms with Crippen LogP contribution in [0.25, 0.3) is 22.5 Å².